The molecule has 6 rings (SSSR count). The van der Waals surface area contributed by atoms with Gasteiger partial charge in [-0.3, -0.25) is 19.3 Å². The molecule has 162 valence electrons. The molecule has 2 aromatic carbocycles. The standard InChI is InChI=1S/C26H19N3O4/c1-14-8-9-19-16(12-14)22(30)21-23(33-19)24(31)29(20-13-15(2)10-11-27-20)26(21)17-6-4-5-7-18(17)28(3)25(26)32/h4-13H,1-3H3. The second kappa shape index (κ2) is 6.38. The smallest absolute Gasteiger partial charge is 0.297 e. The van der Waals surface area contributed by atoms with Crippen LogP contribution in [0.1, 0.15) is 32.8 Å². The number of aromatic nitrogens is 1. The summed E-state index contributed by atoms with van der Waals surface area (Å²) in [6.07, 6.45) is 1.58. The molecule has 7 nitrogen and oxygen atoms in total. The Balaban J connectivity index is 1.81. The van der Waals surface area contributed by atoms with E-state index < -0.39 is 22.8 Å². The summed E-state index contributed by atoms with van der Waals surface area (Å²) in [5, 5.41) is 0.333. The van der Waals surface area contributed by atoms with E-state index in [4.69, 9.17) is 4.42 Å². The van der Waals surface area contributed by atoms with Gasteiger partial charge in [0.05, 0.1) is 10.9 Å². The highest BCUT2D eigenvalue weighted by Gasteiger charge is 2.65. The Morgan fingerprint density at radius 2 is 1.70 bits per heavy atom. The first-order chi connectivity index (χ1) is 15.9. The van der Waals surface area contributed by atoms with Crippen LogP contribution in [0, 0.1) is 13.8 Å². The normalized spacial score (nSPS) is 19.0. The molecule has 2 aliphatic heterocycles. The van der Waals surface area contributed by atoms with E-state index in [1.807, 2.05) is 26.0 Å². The maximum Gasteiger partial charge on any atom is 0.297 e. The quantitative estimate of drug-likeness (QED) is 0.454. The van der Waals surface area contributed by atoms with Crippen molar-refractivity contribution in [1.82, 2.24) is 4.98 Å². The molecule has 0 saturated carbocycles. The monoisotopic (exact) mass is 437 g/mol. The molecular formula is C26H19N3O4. The second-order valence-electron chi connectivity index (χ2n) is 8.56. The van der Waals surface area contributed by atoms with E-state index in [-0.39, 0.29) is 17.1 Å². The molecule has 0 radical (unpaired) electrons. The summed E-state index contributed by atoms with van der Waals surface area (Å²) in [6.45, 7) is 3.75. The summed E-state index contributed by atoms with van der Waals surface area (Å²) in [6, 6.07) is 16.0. The Morgan fingerprint density at radius 3 is 2.48 bits per heavy atom. The Kier molecular flexibility index (Phi) is 3.76. The minimum atomic E-state index is -1.70. The van der Waals surface area contributed by atoms with Crippen molar-refractivity contribution in [2.24, 2.45) is 0 Å². The van der Waals surface area contributed by atoms with Crippen LogP contribution in [0.15, 0.2) is 70.0 Å². The number of hydrogen-bond donors (Lipinski definition) is 0. The first-order valence-electron chi connectivity index (χ1n) is 10.6. The molecule has 1 atom stereocenters. The van der Waals surface area contributed by atoms with Crippen molar-refractivity contribution in [1.29, 1.82) is 0 Å². The summed E-state index contributed by atoms with van der Waals surface area (Å²) in [7, 11) is 1.65. The number of para-hydroxylation sites is 1. The predicted molar refractivity (Wildman–Crippen MR) is 124 cm³/mol. The minimum Gasteiger partial charge on any atom is -0.450 e. The lowest BCUT2D eigenvalue weighted by Gasteiger charge is -2.33. The SMILES string of the molecule is Cc1ccnc(N2C(=O)c3oc4ccc(C)cc4c(=O)c3C23C(=O)N(C)c2ccccc23)c1. The van der Waals surface area contributed by atoms with Gasteiger partial charge in [0.15, 0.2) is 11.0 Å². The third-order valence-electron chi connectivity index (χ3n) is 6.54. The fourth-order valence-corrected chi connectivity index (χ4v) is 5.07. The molecule has 2 aliphatic rings. The number of aryl methyl sites for hydroxylation is 2. The summed E-state index contributed by atoms with van der Waals surface area (Å²) >= 11 is 0. The topological polar surface area (TPSA) is 83.7 Å². The van der Waals surface area contributed by atoms with E-state index in [9.17, 15) is 14.4 Å². The Hall–Kier alpha value is -4.26. The zero-order chi connectivity index (χ0) is 23.1. The van der Waals surface area contributed by atoms with E-state index in [0.717, 1.165) is 11.1 Å². The van der Waals surface area contributed by atoms with Crippen molar-refractivity contribution < 1.29 is 14.0 Å². The number of likely N-dealkylation sites (N-methyl/N-ethyl adjacent to an activating group) is 1. The van der Waals surface area contributed by atoms with Crippen LogP contribution in [-0.4, -0.2) is 23.8 Å². The van der Waals surface area contributed by atoms with Crippen LogP contribution in [0.25, 0.3) is 11.0 Å². The lowest BCUT2D eigenvalue weighted by atomic mass is 9.84. The van der Waals surface area contributed by atoms with Gasteiger partial charge in [-0.25, -0.2) is 4.98 Å². The molecule has 33 heavy (non-hydrogen) atoms. The van der Waals surface area contributed by atoms with Crippen LogP contribution in [0.3, 0.4) is 0 Å². The van der Waals surface area contributed by atoms with Gasteiger partial charge in [-0.1, -0.05) is 29.8 Å². The number of hydrogen-bond acceptors (Lipinski definition) is 5. The van der Waals surface area contributed by atoms with Gasteiger partial charge in [0.25, 0.3) is 11.8 Å². The zero-order valence-electron chi connectivity index (χ0n) is 18.2. The fraction of sp³-hybridized carbons (Fsp3) is 0.154. The molecule has 1 unspecified atom stereocenters. The number of pyridine rings is 1. The van der Waals surface area contributed by atoms with Crippen LogP contribution in [0.2, 0.25) is 0 Å². The van der Waals surface area contributed by atoms with Gasteiger partial charge in [0, 0.05) is 24.5 Å². The van der Waals surface area contributed by atoms with Crippen molar-refractivity contribution in [2.75, 3.05) is 16.8 Å². The minimum absolute atomic E-state index is 0.0377. The Labute approximate surface area is 188 Å². The molecule has 4 aromatic rings. The lowest BCUT2D eigenvalue weighted by molar-refractivity contribution is -0.121. The maximum absolute atomic E-state index is 14.0. The van der Waals surface area contributed by atoms with Crippen molar-refractivity contribution in [3.63, 3.8) is 0 Å². The highest BCUT2D eigenvalue weighted by molar-refractivity contribution is 6.23. The zero-order valence-corrected chi connectivity index (χ0v) is 18.2. The van der Waals surface area contributed by atoms with Gasteiger partial charge in [-0.05, 0) is 49.7 Å². The Morgan fingerprint density at radius 1 is 0.939 bits per heavy atom. The van der Waals surface area contributed by atoms with E-state index in [1.165, 1.54) is 9.80 Å². The maximum atomic E-state index is 14.0. The van der Waals surface area contributed by atoms with Crippen LogP contribution in [-0.2, 0) is 10.3 Å². The van der Waals surface area contributed by atoms with Gasteiger partial charge in [-0.2, -0.15) is 0 Å². The van der Waals surface area contributed by atoms with Gasteiger partial charge in [-0.15, -0.1) is 0 Å². The van der Waals surface area contributed by atoms with E-state index in [0.29, 0.717) is 22.2 Å². The molecule has 0 N–H and O–H groups in total. The lowest BCUT2D eigenvalue weighted by Crippen LogP contribution is -2.53. The molecule has 2 aromatic heterocycles. The third-order valence-corrected chi connectivity index (χ3v) is 6.54. The van der Waals surface area contributed by atoms with Gasteiger partial charge < -0.3 is 9.32 Å². The summed E-state index contributed by atoms with van der Waals surface area (Å²) in [5.74, 6) is -0.817. The van der Waals surface area contributed by atoms with Crippen LogP contribution in [0.4, 0.5) is 11.5 Å². The highest BCUT2D eigenvalue weighted by Crippen LogP contribution is 2.53. The second-order valence-corrected chi connectivity index (χ2v) is 8.56. The molecule has 0 saturated heterocycles. The molecule has 0 bridgehead atoms. The predicted octanol–water partition coefficient (Wildman–Crippen LogP) is 3.69. The van der Waals surface area contributed by atoms with Crippen molar-refractivity contribution in [2.45, 2.75) is 19.4 Å². The number of carbonyl (C=O) groups is 2. The van der Waals surface area contributed by atoms with Crippen molar-refractivity contribution >= 4 is 34.3 Å². The molecule has 0 fully saturated rings. The van der Waals surface area contributed by atoms with E-state index in [1.54, 1.807) is 55.7 Å². The van der Waals surface area contributed by atoms with Gasteiger partial charge in [0.1, 0.15) is 11.4 Å². The van der Waals surface area contributed by atoms with Crippen molar-refractivity contribution in [3.05, 3.63) is 99.0 Å². The summed E-state index contributed by atoms with van der Waals surface area (Å²) in [5.41, 5.74) is 1.17. The third kappa shape index (κ3) is 2.28. The van der Waals surface area contributed by atoms with Gasteiger partial charge in [0.2, 0.25) is 5.76 Å². The molecule has 7 heteroatoms. The summed E-state index contributed by atoms with van der Waals surface area (Å²) in [4.78, 5) is 49.1. The fourth-order valence-electron chi connectivity index (χ4n) is 5.07. The highest BCUT2D eigenvalue weighted by atomic mass is 16.3. The number of rotatable bonds is 1. The average molecular weight is 437 g/mol. The first-order valence-corrected chi connectivity index (χ1v) is 10.6. The molecular weight excluding hydrogens is 418 g/mol. The molecule has 2 amide bonds. The average Bonchev–Trinajstić information content (AvgIpc) is 3.19. The number of benzene rings is 2. The number of carbonyl (C=O) groups excluding carboxylic acids is 2. The number of anilines is 2. The first kappa shape index (κ1) is 19.4. The number of fused-ring (bicyclic) bond motifs is 5. The molecule has 1 spiro atoms. The van der Waals surface area contributed by atoms with Crippen LogP contribution in [0.5, 0.6) is 0 Å². The van der Waals surface area contributed by atoms with Crippen LogP contribution >= 0.6 is 0 Å². The Bertz CT molecular complexity index is 1590. The van der Waals surface area contributed by atoms with E-state index in [2.05, 4.69) is 4.98 Å². The van der Waals surface area contributed by atoms with E-state index >= 15 is 0 Å². The van der Waals surface area contributed by atoms with Crippen molar-refractivity contribution in [3.8, 4) is 0 Å². The largest absolute Gasteiger partial charge is 0.450 e. The van der Waals surface area contributed by atoms with Gasteiger partial charge >= 0.3 is 0 Å². The van der Waals surface area contributed by atoms with Crippen LogP contribution < -0.4 is 15.2 Å². The number of amides is 2. The molecule has 0 aliphatic carbocycles. The summed E-state index contributed by atoms with van der Waals surface area (Å²) < 4.78 is 6.03. The molecule has 4 heterocycles. The number of nitrogens with zero attached hydrogens (tertiary/aromatic N) is 3.